The van der Waals surface area contributed by atoms with Gasteiger partial charge in [0.2, 0.25) is 5.91 Å². The molecule has 1 aromatic rings. The molecule has 0 spiro atoms. The second-order valence-electron chi connectivity index (χ2n) is 7.07. The largest absolute Gasteiger partial charge is 0.494 e. The minimum absolute atomic E-state index is 0.125. The lowest BCUT2D eigenvalue weighted by Crippen LogP contribution is -2.41. The maximum absolute atomic E-state index is 11.8. The molecule has 3 N–H and O–H groups in total. The predicted molar refractivity (Wildman–Crippen MR) is 97.9 cm³/mol. The van der Waals surface area contributed by atoms with Crippen LogP contribution < -0.4 is 21.4 Å². The second-order valence-corrected chi connectivity index (χ2v) is 7.07. The van der Waals surface area contributed by atoms with Crippen molar-refractivity contribution < 1.29 is 18.9 Å². The highest BCUT2D eigenvalue weighted by molar-refractivity contribution is 6.62. The van der Waals surface area contributed by atoms with Gasteiger partial charge in [0.25, 0.3) is 0 Å². The summed E-state index contributed by atoms with van der Waals surface area (Å²) in [5, 5.41) is 8.01. The van der Waals surface area contributed by atoms with Gasteiger partial charge in [-0.3, -0.25) is 4.79 Å². The molecule has 1 saturated heterocycles. The van der Waals surface area contributed by atoms with Crippen LogP contribution in [0.4, 0.5) is 10.5 Å². The van der Waals surface area contributed by atoms with Crippen LogP contribution in [0.3, 0.4) is 0 Å². The summed E-state index contributed by atoms with van der Waals surface area (Å²) in [6.07, 6.45) is 0. The minimum atomic E-state index is -0.425. The van der Waals surface area contributed by atoms with Gasteiger partial charge < -0.3 is 25.3 Å². The van der Waals surface area contributed by atoms with Crippen LogP contribution in [0.5, 0.6) is 0 Å². The molecular weight excluding hydrogens is 321 g/mol. The quantitative estimate of drug-likeness (QED) is 0.552. The van der Waals surface area contributed by atoms with Gasteiger partial charge in [-0.25, -0.2) is 4.79 Å². The standard InChI is InChI=1S/C17H26BN3O4/c1-12(22)19-10-11-20-15(23)21-14-8-6-13(7-9-14)18-24-16(2,3)17(4,5)25-18/h6-9H,10-11H2,1-5H3,(H,19,22)(H2,20,21,23). The van der Waals surface area contributed by atoms with E-state index in [-0.39, 0.29) is 23.1 Å². The summed E-state index contributed by atoms with van der Waals surface area (Å²) in [6.45, 7) is 10.2. The number of urea groups is 1. The third-order valence-corrected chi connectivity index (χ3v) is 4.48. The van der Waals surface area contributed by atoms with Gasteiger partial charge in [0.05, 0.1) is 11.2 Å². The zero-order valence-corrected chi connectivity index (χ0v) is 15.4. The van der Waals surface area contributed by atoms with Gasteiger partial charge in [-0.1, -0.05) is 12.1 Å². The molecule has 3 amide bonds. The Labute approximate surface area is 149 Å². The molecule has 0 atom stereocenters. The van der Waals surface area contributed by atoms with Crippen LogP contribution >= 0.6 is 0 Å². The Morgan fingerprint density at radius 1 is 0.960 bits per heavy atom. The highest BCUT2D eigenvalue weighted by Crippen LogP contribution is 2.36. The molecule has 1 aliphatic heterocycles. The summed E-state index contributed by atoms with van der Waals surface area (Å²) >= 11 is 0. The van der Waals surface area contributed by atoms with Crippen LogP contribution in [0.2, 0.25) is 0 Å². The number of nitrogens with one attached hydrogen (secondary N) is 3. The third-order valence-electron chi connectivity index (χ3n) is 4.48. The lowest BCUT2D eigenvalue weighted by molar-refractivity contribution is -0.118. The monoisotopic (exact) mass is 347 g/mol. The molecule has 1 aliphatic rings. The van der Waals surface area contributed by atoms with Gasteiger partial charge in [-0.2, -0.15) is 0 Å². The molecule has 136 valence electrons. The number of amides is 3. The maximum atomic E-state index is 11.8. The first-order valence-electron chi connectivity index (χ1n) is 8.36. The van der Waals surface area contributed by atoms with Crippen molar-refractivity contribution in [2.24, 2.45) is 0 Å². The number of anilines is 1. The van der Waals surface area contributed by atoms with E-state index in [1.807, 2.05) is 39.8 Å². The first-order chi connectivity index (χ1) is 11.6. The molecule has 0 bridgehead atoms. The van der Waals surface area contributed by atoms with Crippen molar-refractivity contribution in [3.63, 3.8) is 0 Å². The Morgan fingerprint density at radius 3 is 2.00 bits per heavy atom. The summed E-state index contributed by atoms with van der Waals surface area (Å²) in [7, 11) is -0.425. The zero-order valence-electron chi connectivity index (χ0n) is 15.4. The van der Waals surface area contributed by atoms with Crippen molar-refractivity contribution in [3.8, 4) is 0 Å². The molecule has 0 saturated carbocycles. The van der Waals surface area contributed by atoms with Gasteiger partial charge in [-0.05, 0) is 45.3 Å². The molecule has 1 heterocycles. The number of hydrogen-bond donors (Lipinski definition) is 3. The van der Waals surface area contributed by atoms with Gasteiger partial charge in [-0.15, -0.1) is 0 Å². The van der Waals surface area contributed by atoms with Crippen molar-refractivity contribution in [1.29, 1.82) is 0 Å². The van der Waals surface area contributed by atoms with Crippen molar-refractivity contribution >= 4 is 30.2 Å². The van der Waals surface area contributed by atoms with Gasteiger partial charge in [0.1, 0.15) is 0 Å². The Bertz CT molecular complexity index is 615. The van der Waals surface area contributed by atoms with Gasteiger partial charge in [0.15, 0.2) is 0 Å². The van der Waals surface area contributed by atoms with Gasteiger partial charge in [0, 0.05) is 25.7 Å². The van der Waals surface area contributed by atoms with E-state index in [0.29, 0.717) is 18.8 Å². The summed E-state index contributed by atoms with van der Waals surface area (Å²) in [5.41, 5.74) is 0.790. The van der Waals surface area contributed by atoms with Gasteiger partial charge >= 0.3 is 13.1 Å². The highest BCUT2D eigenvalue weighted by atomic mass is 16.7. The number of benzene rings is 1. The molecule has 1 aromatic carbocycles. The molecule has 0 aliphatic carbocycles. The number of hydrogen-bond acceptors (Lipinski definition) is 4. The topological polar surface area (TPSA) is 88.7 Å². The van der Waals surface area contributed by atoms with E-state index in [4.69, 9.17) is 9.31 Å². The Kier molecular flexibility index (Phi) is 5.74. The lowest BCUT2D eigenvalue weighted by atomic mass is 9.79. The molecule has 0 radical (unpaired) electrons. The molecule has 7 nitrogen and oxygen atoms in total. The molecule has 0 aromatic heterocycles. The number of rotatable bonds is 5. The third kappa shape index (κ3) is 4.96. The smallest absolute Gasteiger partial charge is 0.399 e. The van der Waals surface area contributed by atoms with Crippen molar-refractivity contribution in [3.05, 3.63) is 24.3 Å². The van der Waals surface area contributed by atoms with Crippen LogP contribution in [0, 0.1) is 0 Å². The van der Waals surface area contributed by atoms with E-state index in [1.165, 1.54) is 6.92 Å². The Balaban J connectivity index is 1.86. The van der Waals surface area contributed by atoms with Crippen molar-refractivity contribution in [2.45, 2.75) is 45.8 Å². The first-order valence-corrected chi connectivity index (χ1v) is 8.36. The van der Waals surface area contributed by atoms with E-state index in [9.17, 15) is 9.59 Å². The Hall–Kier alpha value is -2.06. The fourth-order valence-corrected chi connectivity index (χ4v) is 2.29. The van der Waals surface area contributed by atoms with Crippen LogP contribution in [0.15, 0.2) is 24.3 Å². The average Bonchev–Trinajstić information content (AvgIpc) is 2.72. The number of carbonyl (C=O) groups excluding carboxylic acids is 2. The SMILES string of the molecule is CC(=O)NCCNC(=O)Nc1ccc(B2OC(C)(C)C(C)(C)O2)cc1. The summed E-state index contributed by atoms with van der Waals surface area (Å²) in [4.78, 5) is 22.5. The van der Waals surface area contributed by atoms with E-state index >= 15 is 0 Å². The molecule has 8 heteroatoms. The van der Waals surface area contributed by atoms with E-state index < -0.39 is 7.12 Å². The second kappa shape index (κ2) is 7.45. The summed E-state index contributed by atoms with van der Waals surface area (Å²) < 4.78 is 12.0. The van der Waals surface area contributed by atoms with Crippen molar-refractivity contribution in [2.75, 3.05) is 18.4 Å². The van der Waals surface area contributed by atoms with Crippen LogP contribution in [0.1, 0.15) is 34.6 Å². The summed E-state index contributed by atoms with van der Waals surface area (Å²) in [6, 6.07) is 7.01. The molecule has 0 unspecified atom stereocenters. The maximum Gasteiger partial charge on any atom is 0.494 e. The fraction of sp³-hybridized carbons (Fsp3) is 0.529. The van der Waals surface area contributed by atoms with E-state index in [1.54, 1.807) is 12.1 Å². The first kappa shape index (κ1) is 19.3. The minimum Gasteiger partial charge on any atom is -0.399 e. The molecule has 1 fully saturated rings. The highest BCUT2D eigenvalue weighted by Gasteiger charge is 2.51. The van der Waals surface area contributed by atoms with E-state index in [0.717, 1.165) is 5.46 Å². The molecular formula is C17H26BN3O4. The van der Waals surface area contributed by atoms with Crippen LogP contribution in [-0.4, -0.2) is 43.3 Å². The fourth-order valence-electron chi connectivity index (χ4n) is 2.29. The number of carbonyl (C=O) groups is 2. The van der Waals surface area contributed by atoms with Crippen LogP contribution in [-0.2, 0) is 14.1 Å². The summed E-state index contributed by atoms with van der Waals surface area (Å²) in [5.74, 6) is -0.125. The average molecular weight is 347 g/mol. The predicted octanol–water partition coefficient (Wildman–Crippen LogP) is 1.24. The lowest BCUT2D eigenvalue weighted by Gasteiger charge is -2.32. The zero-order chi connectivity index (χ0) is 18.7. The van der Waals surface area contributed by atoms with Crippen molar-refractivity contribution in [1.82, 2.24) is 10.6 Å². The molecule has 25 heavy (non-hydrogen) atoms. The normalized spacial score (nSPS) is 17.9. The Morgan fingerprint density at radius 2 is 1.48 bits per heavy atom. The molecule has 2 rings (SSSR count). The van der Waals surface area contributed by atoms with Crippen LogP contribution in [0.25, 0.3) is 0 Å². The van der Waals surface area contributed by atoms with E-state index in [2.05, 4.69) is 16.0 Å².